The van der Waals surface area contributed by atoms with E-state index in [0.29, 0.717) is 17.5 Å². The zero-order chi connectivity index (χ0) is 34.9. The lowest BCUT2D eigenvalue weighted by molar-refractivity contribution is 0.669. The van der Waals surface area contributed by atoms with Gasteiger partial charge in [0, 0.05) is 43.8 Å². The molecule has 0 fully saturated rings. The highest BCUT2D eigenvalue weighted by Gasteiger charge is 2.21. The van der Waals surface area contributed by atoms with Gasteiger partial charge < -0.3 is 8.83 Å². The first-order chi connectivity index (χ1) is 26.2. The van der Waals surface area contributed by atoms with Crippen LogP contribution in [0.3, 0.4) is 0 Å². The van der Waals surface area contributed by atoms with E-state index in [-0.39, 0.29) is 0 Å². The first kappa shape index (κ1) is 29.7. The quantitative estimate of drug-likeness (QED) is 0.178. The highest BCUT2D eigenvalue weighted by Crippen LogP contribution is 2.42. The summed E-state index contributed by atoms with van der Waals surface area (Å²) in [5, 5.41) is 5.04. The predicted molar refractivity (Wildman–Crippen MR) is 215 cm³/mol. The average Bonchev–Trinajstić information content (AvgIpc) is 3.94. The fourth-order valence-corrected chi connectivity index (χ4v) is 8.32. The molecular formula is C46H26N4O2S. The first-order valence-corrected chi connectivity index (χ1v) is 18.2. The van der Waals surface area contributed by atoms with Crippen molar-refractivity contribution in [1.29, 1.82) is 0 Å². The van der Waals surface area contributed by atoms with Crippen molar-refractivity contribution in [1.82, 2.24) is 19.9 Å². The Morgan fingerprint density at radius 1 is 0.396 bits per heavy atom. The van der Waals surface area contributed by atoms with Crippen LogP contribution < -0.4 is 0 Å². The molecule has 7 heteroatoms. The molecule has 4 heterocycles. The topological polar surface area (TPSA) is 77.8 Å². The molecule has 0 saturated heterocycles. The van der Waals surface area contributed by atoms with Crippen LogP contribution in [0.25, 0.3) is 110 Å². The molecule has 4 aromatic heterocycles. The van der Waals surface area contributed by atoms with Crippen LogP contribution in [-0.2, 0) is 0 Å². The van der Waals surface area contributed by atoms with Gasteiger partial charge >= 0.3 is 0 Å². The van der Waals surface area contributed by atoms with Crippen LogP contribution in [0.5, 0.6) is 0 Å². The van der Waals surface area contributed by atoms with Crippen molar-refractivity contribution in [3.8, 4) is 55.9 Å². The minimum absolute atomic E-state index is 0.567. The molecule has 53 heavy (non-hydrogen) atoms. The maximum Gasteiger partial charge on any atom is 0.164 e. The van der Waals surface area contributed by atoms with Gasteiger partial charge in [-0.05, 0) is 42.0 Å². The highest BCUT2D eigenvalue weighted by molar-refractivity contribution is 7.21. The second kappa shape index (κ2) is 11.8. The smallest absolute Gasteiger partial charge is 0.164 e. The molecule has 7 aromatic carbocycles. The fraction of sp³-hybridized carbons (Fsp3) is 0. The van der Waals surface area contributed by atoms with E-state index >= 15 is 0 Å². The summed E-state index contributed by atoms with van der Waals surface area (Å²) in [6.07, 6.45) is 0. The minimum atomic E-state index is 0.567. The molecule has 0 atom stereocenters. The summed E-state index contributed by atoms with van der Waals surface area (Å²) in [4.78, 5) is 20.3. The number of para-hydroxylation sites is 4. The predicted octanol–water partition coefficient (Wildman–Crippen LogP) is 12.6. The van der Waals surface area contributed by atoms with Crippen molar-refractivity contribution in [2.75, 3.05) is 0 Å². The van der Waals surface area contributed by atoms with E-state index in [1.54, 1.807) is 11.3 Å². The Morgan fingerprint density at radius 2 is 1.00 bits per heavy atom. The Kier molecular flexibility index (Phi) is 6.62. The van der Waals surface area contributed by atoms with E-state index in [1.165, 1.54) is 0 Å². The Bertz CT molecular complexity index is 3160. The molecule has 0 aliphatic rings. The molecule has 0 saturated carbocycles. The lowest BCUT2D eigenvalue weighted by atomic mass is 10.00. The summed E-state index contributed by atoms with van der Waals surface area (Å²) in [7, 11) is 0. The molecule has 0 spiro atoms. The number of furan rings is 2. The van der Waals surface area contributed by atoms with E-state index in [1.807, 2.05) is 91.0 Å². The van der Waals surface area contributed by atoms with Gasteiger partial charge in [0.05, 0.1) is 15.8 Å². The van der Waals surface area contributed by atoms with Gasteiger partial charge in [-0.25, -0.2) is 19.9 Å². The Morgan fingerprint density at radius 3 is 1.91 bits per heavy atom. The van der Waals surface area contributed by atoms with Gasteiger partial charge in [-0.3, -0.25) is 0 Å². The van der Waals surface area contributed by atoms with Crippen molar-refractivity contribution in [2.45, 2.75) is 0 Å². The molecule has 6 nitrogen and oxygen atoms in total. The summed E-state index contributed by atoms with van der Waals surface area (Å²) < 4.78 is 14.2. The standard InChI is InChI=1S/C46H26N4O2S/c1-2-12-27(13-3-1)43-48-44(29-15-8-14-28(26-29)30-17-9-18-32-31-16-4-6-23-37(31)51-41(30)32)50-45(49-43)34-20-11-24-38-40(34)33-19-10-21-35(42(33)52-38)46-47-36-22-5-7-25-39(36)53-46/h1-26H. The zero-order valence-corrected chi connectivity index (χ0v) is 28.8. The number of nitrogens with zero attached hydrogens (tertiary/aromatic N) is 4. The summed E-state index contributed by atoms with van der Waals surface area (Å²) in [5.41, 5.74) is 9.89. The molecule has 0 bridgehead atoms. The van der Waals surface area contributed by atoms with E-state index in [0.717, 1.165) is 92.5 Å². The molecular weight excluding hydrogens is 673 g/mol. The van der Waals surface area contributed by atoms with Gasteiger partial charge in [0.15, 0.2) is 17.5 Å². The van der Waals surface area contributed by atoms with Crippen molar-refractivity contribution in [3.05, 3.63) is 158 Å². The molecule has 248 valence electrons. The van der Waals surface area contributed by atoms with E-state index in [4.69, 9.17) is 28.8 Å². The molecule has 0 aliphatic carbocycles. The van der Waals surface area contributed by atoms with Crippen molar-refractivity contribution < 1.29 is 8.83 Å². The maximum absolute atomic E-state index is 6.63. The van der Waals surface area contributed by atoms with Crippen molar-refractivity contribution >= 4 is 65.4 Å². The van der Waals surface area contributed by atoms with Crippen molar-refractivity contribution in [2.24, 2.45) is 0 Å². The molecule has 0 N–H and O–H groups in total. The first-order valence-electron chi connectivity index (χ1n) is 17.4. The number of fused-ring (bicyclic) bond motifs is 7. The normalized spacial score (nSPS) is 11.8. The Labute approximate surface area is 306 Å². The van der Waals surface area contributed by atoms with Gasteiger partial charge in [-0.1, -0.05) is 121 Å². The number of hydrogen-bond donors (Lipinski definition) is 0. The number of benzene rings is 7. The van der Waals surface area contributed by atoms with Crippen LogP contribution >= 0.6 is 11.3 Å². The monoisotopic (exact) mass is 698 g/mol. The number of rotatable bonds is 5. The largest absolute Gasteiger partial charge is 0.455 e. The summed E-state index contributed by atoms with van der Waals surface area (Å²) in [6.45, 7) is 0. The fourth-order valence-electron chi connectivity index (χ4n) is 7.33. The highest BCUT2D eigenvalue weighted by atomic mass is 32.1. The van der Waals surface area contributed by atoms with E-state index in [9.17, 15) is 0 Å². The Balaban J connectivity index is 1.10. The van der Waals surface area contributed by atoms with Crippen LogP contribution in [-0.4, -0.2) is 19.9 Å². The number of aromatic nitrogens is 4. The van der Waals surface area contributed by atoms with Crippen LogP contribution in [0.15, 0.2) is 167 Å². The number of thiazole rings is 1. The summed E-state index contributed by atoms with van der Waals surface area (Å²) in [5.74, 6) is 1.74. The summed E-state index contributed by atoms with van der Waals surface area (Å²) in [6, 6.07) is 53.4. The second-order valence-electron chi connectivity index (χ2n) is 13.0. The minimum Gasteiger partial charge on any atom is -0.455 e. The van der Waals surface area contributed by atoms with Gasteiger partial charge in [0.25, 0.3) is 0 Å². The van der Waals surface area contributed by atoms with Crippen molar-refractivity contribution in [3.63, 3.8) is 0 Å². The molecule has 0 unspecified atom stereocenters. The van der Waals surface area contributed by atoms with Gasteiger partial charge in [-0.15, -0.1) is 11.3 Å². The zero-order valence-electron chi connectivity index (χ0n) is 28.0. The molecule has 11 aromatic rings. The van der Waals surface area contributed by atoms with Gasteiger partial charge in [0.2, 0.25) is 0 Å². The molecule has 11 rings (SSSR count). The third-order valence-corrected chi connectivity index (χ3v) is 10.9. The van der Waals surface area contributed by atoms with Gasteiger partial charge in [0.1, 0.15) is 27.3 Å². The van der Waals surface area contributed by atoms with E-state index < -0.39 is 0 Å². The van der Waals surface area contributed by atoms with Crippen LogP contribution in [0.2, 0.25) is 0 Å². The molecule has 0 amide bonds. The van der Waals surface area contributed by atoms with E-state index in [2.05, 4.69) is 66.7 Å². The van der Waals surface area contributed by atoms with Crippen LogP contribution in [0, 0.1) is 0 Å². The lowest BCUT2D eigenvalue weighted by Crippen LogP contribution is -2.00. The van der Waals surface area contributed by atoms with Crippen LogP contribution in [0.4, 0.5) is 0 Å². The summed E-state index contributed by atoms with van der Waals surface area (Å²) >= 11 is 1.67. The average molecular weight is 699 g/mol. The molecule has 0 radical (unpaired) electrons. The third-order valence-electron chi connectivity index (χ3n) is 9.79. The SMILES string of the molecule is c1ccc(-c2nc(-c3cccc(-c4cccc5c4oc4ccccc45)c3)nc(-c3cccc4oc5c(-c6nc7ccccc7s6)cccc5c34)n2)cc1. The molecule has 0 aliphatic heterocycles. The number of hydrogen-bond acceptors (Lipinski definition) is 7. The maximum atomic E-state index is 6.63. The second-order valence-corrected chi connectivity index (χ2v) is 14.0. The van der Waals surface area contributed by atoms with Crippen LogP contribution in [0.1, 0.15) is 0 Å². The Hall–Kier alpha value is -6.96. The van der Waals surface area contributed by atoms with Gasteiger partial charge in [-0.2, -0.15) is 0 Å². The third kappa shape index (κ3) is 4.86. The lowest BCUT2D eigenvalue weighted by Gasteiger charge is -2.10.